The molecule has 3 N–H and O–H groups in total. The van der Waals surface area contributed by atoms with Gasteiger partial charge in [-0.15, -0.1) is 0 Å². The van der Waals surface area contributed by atoms with E-state index in [1.54, 1.807) is 32.9 Å². The lowest BCUT2D eigenvalue weighted by Crippen LogP contribution is -2.54. The van der Waals surface area contributed by atoms with Crippen molar-refractivity contribution in [3.8, 4) is 5.75 Å². The predicted octanol–water partition coefficient (Wildman–Crippen LogP) is 3.48. The number of benzene rings is 1. The lowest BCUT2D eigenvalue weighted by Gasteiger charge is -2.36. The summed E-state index contributed by atoms with van der Waals surface area (Å²) in [5.41, 5.74) is -0.937. The molecule has 0 aromatic heterocycles. The Hall–Kier alpha value is -3.30. The molecule has 1 aromatic rings. The van der Waals surface area contributed by atoms with Gasteiger partial charge in [0.05, 0.1) is 12.8 Å². The van der Waals surface area contributed by atoms with E-state index in [-0.39, 0.29) is 11.8 Å². The van der Waals surface area contributed by atoms with E-state index >= 15 is 0 Å². The molecule has 2 fully saturated rings. The third-order valence-electron chi connectivity index (χ3n) is 5.92. The van der Waals surface area contributed by atoms with E-state index in [2.05, 4.69) is 16.0 Å². The number of urea groups is 1. The molecule has 2 atom stereocenters. The maximum Gasteiger partial charge on any atom is 0.412 e. The molecule has 2 unspecified atom stereocenters. The number of rotatable bonds is 5. The van der Waals surface area contributed by atoms with Gasteiger partial charge < -0.3 is 20.1 Å². The summed E-state index contributed by atoms with van der Waals surface area (Å²) in [7, 11) is 1.45. The van der Waals surface area contributed by atoms with Crippen LogP contribution in [0, 0.1) is 5.92 Å². The first-order chi connectivity index (χ1) is 15.4. The molecule has 5 amide bonds. The van der Waals surface area contributed by atoms with Gasteiger partial charge in [0.25, 0.3) is 5.91 Å². The van der Waals surface area contributed by atoms with Gasteiger partial charge >= 0.3 is 12.1 Å². The first-order valence-corrected chi connectivity index (χ1v) is 11.1. The van der Waals surface area contributed by atoms with Crippen LogP contribution in [0.2, 0.25) is 0 Å². The molecule has 1 heterocycles. The van der Waals surface area contributed by atoms with Gasteiger partial charge in [0, 0.05) is 5.69 Å². The summed E-state index contributed by atoms with van der Waals surface area (Å²) in [4.78, 5) is 51.3. The normalized spacial score (nSPS) is 22.7. The number of amides is 5. The van der Waals surface area contributed by atoms with E-state index in [0.717, 1.165) is 24.2 Å². The van der Waals surface area contributed by atoms with Crippen LogP contribution in [0.25, 0.3) is 0 Å². The van der Waals surface area contributed by atoms with E-state index in [0.29, 0.717) is 23.5 Å². The largest absolute Gasteiger partial charge is 0.495 e. The first kappa shape index (κ1) is 24.3. The second-order valence-corrected chi connectivity index (χ2v) is 9.53. The van der Waals surface area contributed by atoms with E-state index in [1.807, 2.05) is 6.92 Å². The van der Waals surface area contributed by atoms with Crippen LogP contribution < -0.4 is 20.7 Å². The van der Waals surface area contributed by atoms with Crippen molar-refractivity contribution in [2.24, 2.45) is 5.92 Å². The van der Waals surface area contributed by atoms with Crippen LogP contribution in [0.3, 0.4) is 0 Å². The third-order valence-corrected chi connectivity index (χ3v) is 5.92. The van der Waals surface area contributed by atoms with Crippen molar-refractivity contribution < 1.29 is 28.7 Å². The average Bonchev–Trinajstić information content (AvgIpc) is 2.94. The maximum atomic E-state index is 13.0. The zero-order valence-electron chi connectivity index (χ0n) is 19.7. The van der Waals surface area contributed by atoms with Crippen molar-refractivity contribution in [2.45, 2.75) is 64.5 Å². The van der Waals surface area contributed by atoms with E-state index in [4.69, 9.17) is 9.47 Å². The topological polar surface area (TPSA) is 126 Å². The molecular formula is C23H32N4O6. The fourth-order valence-electron chi connectivity index (χ4n) is 4.28. The molecule has 180 valence electrons. The second-order valence-electron chi connectivity index (χ2n) is 9.53. The summed E-state index contributed by atoms with van der Waals surface area (Å²) < 4.78 is 10.5. The van der Waals surface area contributed by atoms with Gasteiger partial charge in [0.2, 0.25) is 5.91 Å². The molecule has 10 heteroatoms. The highest BCUT2D eigenvalue weighted by atomic mass is 16.6. The third kappa shape index (κ3) is 5.37. The number of anilines is 2. The molecule has 1 aliphatic carbocycles. The molecule has 1 aromatic carbocycles. The van der Waals surface area contributed by atoms with E-state index < -0.39 is 35.7 Å². The van der Waals surface area contributed by atoms with Crippen LogP contribution in [0.1, 0.15) is 53.4 Å². The molecule has 3 rings (SSSR count). The molecule has 0 radical (unpaired) electrons. The number of nitrogens with zero attached hydrogens (tertiary/aromatic N) is 1. The zero-order chi connectivity index (χ0) is 24.4. The zero-order valence-corrected chi connectivity index (χ0v) is 19.7. The van der Waals surface area contributed by atoms with Gasteiger partial charge in [-0.2, -0.15) is 0 Å². The van der Waals surface area contributed by atoms with Crippen molar-refractivity contribution in [2.75, 3.05) is 24.3 Å². The number of nitrogens with one attached hydrogen (secondary N) is 3. The van der Waals surface area contributed by atoms with Crippen molar-refractivity contribution in [1.29, 1.82) is 0 Å². The number of carbonyl (C=O) groups is 4. The summed E-state index contributed by atoms with van der Waals surface area (Å²) in [6, 6.07) is 4.13. The fourth-order valence-corrected chi connectivity index (χ4v) is 4.28. The van der Waals surface area contributed by atoms with Crippen molar-refractivity contribution in [3.05, 3.63) is 18.2 Å². The van der Waals surface area contributed by atoms with Gasteiger partial charge in [-0.25, -0.2) is 9.59 Å². The van der Waals surface area contributed by atoms with Gasteiger partial charge in [-0.3, -0.25) is 19.8 Å². The Labute approximate surface area is 193 Å². The Morgan fingerprint density at radius 2 is 1.94 bits per heavy atom. The molecule has 10 nitrogen and oxygen atoms in total. The van der Waals surface area contributed by atoms with Crippen LogP contribution in [-0.2, 0) is 14.3 Å². The second kappa shape index (κ2) is 9.29. The number of ether oxygens (including phenoxy) is 2. The number of carbonyl (C=O) groups excluding carboxylic acids is 4. The highest BCUT2D eigenvalue weighted by Gasteiger charge is 2.55. The summed E-state index contributed by atoms with van der Waals surface area (Å²) in [6.45, 7) is 6.79. The molecule has 1 spiro atoms. The lowest BCUT2D eigenvalue weighted by molar-refractivity contribution is -0.136. The number of hydrogen-bond acceptors (Lipinski definition) is 6. The van der Waals surface area contributed by atoms with Crippen molar-refractivity contribution >= 4 is 35.3 Å². The maximum absolute atomic E-state index is 13.0. The standard InChI is InChI=1S/C23H32N4O6/c1-14-8-6-7-11-23(14)19(29)27(20(30)26-23)13-18(28)24-15-9-10-17(32-5)16(12-15)25-21(31)33-22(2,3)4/h9-10,12,14H,6-8,11,13H2,1-5H3,(H,24,28)(H,25,31)(H,26,30). The predicted molar refractivity (Wildman–Crippen MR) is 122 cm³/mol. The molecular weight excluding hydrogens is 428 g/mol. The van der Waals surface area contributed by atoms with Crippen LogP contribution in [-0.4, -0.2) is 53.6 Å². The van der Waals surface area contributed by atoms with Crippen molar-refractivity contribution in [1.82, 2.24) is 10.2 Å². The fraction of sp³-hybridized carbons (Fsp3) is 0.565. The van der Waals surface area contributed by atoms with Crippen LogP contribution >= 0.6 is 0 Å². The van der Waals surface area contributed by atoms with E-state index in [9.17, 15) is 19.2 Å². The SMILES string of the molecule is COc1ccc(NC(=O)CN2C(=O)NC3(CCCCC3C)C2=O)cc1NC(=O)OC(C)(C)C. The van der Waals surface area contributed by atoms with Gasteiger partial charge in [-0.05, 0) is 57.7 Å². The van der Waals surface area contributed by atoms with Gasteiger partial charge in [-0.1, -0.05) is 19.8 Å². The monoisotopic (exact) mass is 460 g/mol. The number of hydrogen-bond donors (Lipinski definition) is 3. The average molecular weight is 461 g/mol. The molecule has 1 aliphatic heterocycles. The Balaban J connectivity index is 1.68. The van der Waals surface area contributed by atoms with Gasteiger partial charge in [0.1, 0.15) is 23.4 Å². The summed E-state index contributed by atoms with van der Waals surface area (Å²) in [6.07, 6.45) is 2.63. The van der Waals surface area contributed by atoms with Gasteiger partial charge in [0.15, 0.2) is 0 Å². The minimum absolute atomic E-state index is 0.0128. The first-order valence-electron chi connectivity index (χ1n) is 11.1. The molecule has 1 saturated carbocycles. The highest BCUT2D eigenvalue weighted by Crippen LogP contribution is 2.38. The lowest BCUT2D eigenvalue weighted by atomic mass is 9.73. The Bertz CT molecular complexity index is 957. The van der Waals surface area contributed by atoms with Crippen LogP contribution in [0.4, 0.5) is 21.0 Å². The minimum atomic E-state index is -0.916. The number of imide groups is 1. The minimum Gasteiger partial charge on any atom is -0.495 e. The molecule has 33 heavy (non-hydrogen) atoms. The van der Waals surface area contributed by atoms with Crippen molar-refractivity contribution in [3.63, 3.8) is 0 Å². The van der Waals surface area contributed by atoms with Crippen LogP contribution in [0.15, 0.2) is 18.2 Å². The molecule has 1 saturated heterocycles. The molecule has 0 bridgehead atoms. The summed E-state index contributed by atoms with van der Waals surface area (Å²) >= 11 is 0. The number of methoxy groups -OCH3 is 1. The van der Waals surface area contributed by atoms with E-state index in [1.165, 1.54) is 13.2 Å². The van der Waals surface area contributed by atoms with Crippen LogP contribution in [0.5, 0.6) is 5.75 Å². The molecule has 2 aliphatic rings. The Kier molecular flexibility index (Phi) is 6.85. The summed E-state index contributed by atoms with van der Waals surface area (Å²) in [5, 5.41) is 8.09. The quantitative estimate of drug-likeness (QED) is 0.578. The summed E-state index contributed by atoms with van der Waals surface area (Å²) in [5.74, 6) is -0.496. The smallest absolute Gasteiger partial charge is 0.412 e. The highest BCUT2D eigenvalue weighted by molar-refractivity contribution is 6.10. The Morgan fingerprint density at radius 1 is 1.21 bits per heavy atom. The Morgan fingerprint density at radius 3 is 2.58 bits per heavy atom.